The Kier molecular flexibility index (Phi) is 4.41. The number of aromatic amines is 1. The minimum atomic E-state index is -3.65. The average molecular weight is 416 g/mol. The zero-order valence-corrected chi connectivity index (χ0v) is 15.1. The Labute approximate surface area is 146 Å². The van der Waals surface area contributed by atoms with Gasteiger partial charge in [0.2, 0.25) is 10.0 Å². The van der Waals surface area contributed by atoms with E-state index in [-0.39, 0.29) is 11.4 Å². The molecule has 3 rings (SSSR count). The van der Waals surface area contributed by atoms with Crippen molar-refractivity contribution in [1.29, 1.82) is 0 Å². The molecule has 0 aliphatic rings. The molecule has 6 nitrogen and oxygen atoms in total. The highest BCUT2D eigenvalue weighted by Crippen LogP contribution is 2.23. The standard InChI is InChI=1S/C14H12BrClN4O2S/c1-8-4-9-5-10(2-3-12(9)19-14(8)16)23(21,22)18-7-13-11(15)6-17-20-13/h2-6,18H,7H2,1H3,(H,17,20). The van der Waals surface area contributed by atoms with E-state index in [0.29, 0.717) is 20.8 Å². The fourth-order valence-corrected chi connectivity index (χ4v) is 3.58. The molecule has 3 aromatic rings. The van der Waals surface area contributed by atoms with Crippen molar-refractivity contribution in [3.63, 3.8) is 0 Å². The number of aromatic nitrogens is 3. The molecule has 0 aliphatic carbocycles. The Bertz CT molecular complexity index is 988. The van der Waals surface area contributed by atoms with Crippen LogP contribution in [-0.4, -0.2) is 23.6 Å². The van der Waals surface area contributed by atoms with Gasteiger partial charge in [-0.15, -0.1) is 0 Å². The summed E-state index contributed by atoms with van der Waals surface area (Å²) in [6, 6.07) is 6.54. The monoisotopic (exact) mass is 414 g/mol. The van der Waals surface area contributed by atoms with Crippen LogP contribution in [0.25, 0.3) is 10.9 Å². The summed E-state index contributed by atoms with van der Waals surface area (Å²) in [6.45, 7) is 1.93. The quantitative estimate of drug-likeness (QED) is 0.641. The van der Waals surface area contributed by atoms with Gasteiger partial charge in [0.05, 0.1) is 33.3 Å². The predicted octanol–water partition coefficient (Wildman–Crippen LogP) is 3.16. The minimum Gasteiger partial charge on any atom is -0.280 e. The van der Waals surface area contributed by atoms with E-state index in [9.17, 15) is 8.42 Å². The van der Waals surface area contributed by atoms with Crippen molar-refractivity contribution in [2.75, 3.05) is 0 Å². The Balaban J connectivity index is 1.91. The van der Waals surface area contributed by atoms with Crippen LogP contribution in [0.4, 0.5) is 0 Å². The van der Waals surface area contributed by atoms with Gasteiger partial charge in [-0.1, -0.05) is 11.6 Å². The van der Waals surface area contributed by atoms with E-state index in [2.05, 4.69) is 35.8 Å². The summed E-state index contributed by atoms with van der Waals surface area (Å²) < 4.78 is 28.1. The first-order chi connectivity index (χ1) is 10.9. The van der Waals surface area contributed by atoms with Crippen LogP contribution in [0, 0.1) is 6.92 Å². The highest BCUT2D eigenvalue weighted by Gasteiger charge is 2.16. The van der Waals surface area contributed by atoms with E-state index in [1.54, 1.807) is 18.3 Å². The van der Waals surface area contributed by atoms with E-state index >= 15 is 0 Å². The Morgan fingerprint density at radius 1 is 1.35 bits per heavy atom. The maximum absolute atomic E-state index is 12.4. The third kappa shape index (κ3) is 3.40. The highest BCUT2D eigenvalue weighted by atomic mass is 79.9. The Morgan fingerprint density at radius 3 is 2.83 bits per heavy atom. The lowest BCUT2D eigenvalue weighted by molar-refractivity contribution is 0.580. The molecule has 0 unspecified atom stereocenters. The van der Waals surface area contributed by atoms with Crippen molar-refractivity contribution in [1.82, 2.24) is 19.9 Å². The lowest BCUT2D eigenvalue weighted by Crippen LogP contribution is -2.23. The smallest absolute Gasteiger partial charge is 0.240 e. The van der Waals surface area contributed by atoms with Crippen LogP contribution in [-0.2, 0) is 16.6 Å². The molecule has 0 radical (unpaired) electrons. The summed E-state index contributed by atoms with van der Waals surface area (Å²) in [7, 11) is -3.65. The van der Waals surface area contributed by atoms with Crippen molar-refractivity contribution >= 4 is 48.5 Å². The summed E-state index contributed by atoms with van der Waals surface area (Å²) in [6.07, 6.45) is 1.57. The number of pyridine rings is 1. The van der Waals surface area contributed by atoms with Gasteiger partial charge in [0.15, 0.2) is 0 Å². The number of fused-ring (bicyclic) bond motifs is 1. The van der Waals surface area contributed by atoms with Crippen molar-refractivity contribution in [2.24, 2.45) is 0 Å². The molecule has 2 heterocycles. The molecule has 23 heavy (non-hydrogen) atoms. The molecular formula is C14H12BrClN4O2S. The number of sulfonamides is 1. The number of halogens is 2. The van der Waals surface area contributed by atoms with Crippen LogP contribution in [0.1, 0.15) is 11.3 Å². The van der Waals surface area contributed by atoms with Crippen LogP contribution >= 0.6 is 27.5 Å². The number of aryl methyl sites for hydroxylation is 1. The lowest BCUT2D eigenvalue weighted by Gasteiger charge is -2.08. The normalized spacial score (nSPS) is 12.0. The second-order valence-electron chi connectivity index (χ2n) is 4.97. The van der Waals surface area contributed by atoms with Crippen LogP contribution in [0.3, 0.4) is 0 Å². The maximum atomic E-state index is 12.4. The third-order valence-corrected chi connectivity index (χ3v) is 5.79. The van der Waals surface area contributed by atoms with Gasteiger partial charge in [-0.2, -0.15) is 5.10 Å². The summed E-state index contributed by atoms with van der Waals surface area (Å²) in [5.74, 6) is 0. The summed E-state index contributed by atoms with van der Waals surface area (Å²) >= 11 is 9.27. The molecule has 0 bridgehead atoms. The summed E-state index contributed by atoms with van der Waals surface area (Å²) in [4.78, 5) is 4.40. The van der Waals surface area contributed by atoms with Gasteiger partial charge in [0, 0.05) is 5.39 Å². The predicted molar refractivity (Wildman–Crippen MR) is 91.8 cm³/mol. The van der Waals surface area contributed by atoms with E-state index in [1.807, 2.05) is 13.0 Å². The number of rotatable bonds is 4. The molecule has 0 saturated carbocycles. The van der Waals surface area contributed by atoms with Gasteiger partial charge in [-0.05, 0) is 52.7 Å². The molecular weight excluding hydrogens is 404 g/mol. The van der Waals surface area contributed by atoms with Gasteiger partial charge in [-0.25, -0.2) is 18.1 Å². The van der Waals surface area contributed by atoms with Gasteiger partial charge in [0.25, 0.3) is 0 Å². The van der Waals surface area contributed by atoms with Gasteiger partial charge < -0.3 is 0 Å². The van der Waals surface area contributed by atoms with Crippen molar-refractivity contribution < 1.29 is 8.42 Å². The second kappa shape index (κ2) is 6.20. The summed E-state index contributed by atoms with van der Waals surface area (Å²) in [5.41, 5.74) is 2.09. The number of nitrogens with zero attached hydrogens (tertiary/aromatic N) is 2. The molecule has 0 saturated heterocycles. The van der Waals surface area contributed by atoms with Crippen LogP contribution in [0.2, 0.25) is 5.15 Å². The molecule has 9 heteroatoms. The molecule has 0 atom stereocenters. The molecule has 0 fully saturated rings. The number of benzene rings is 1. The number of H-pyrrole nitrogens is 1. The maximum Gasteiger partial charge on any atom is 0.240 e. The summed E-state index contributed by atoms with van der Waals surface area (Å²) in [5, 5.41) is 7.68. The largest absolute Gasteiger partial charge is 0.280 e. The Morgan fingerprint density at radius 2 is 2.13 bits per heavy atom. The number of hydrogen-bond donors (Lipinski definition) is 2. The highest BCUT2D eigenvalue weighted by molar-refractivity contribution is 9.10. The van der Waals surface area contributed by atoms with Crippen LogP contribution < -0.4 is 4.72 Å². The molecule has 0 amide bonds. The SMILES string of the molecule is Cc1cc2cc(S(=O)(=O)NCc3[nH]ncc3Br)ccc2nc1Cl. The molecule has 1 aromatic carbocycles. The topological polar surface area (TPSA) is 87.7 Å². The zero-order valence-electron chi connectivity index (χ0n) is 12.0. The number of nitrogens with one attached hydrogen (secondary N) is 2. The second-order valence-corrected chi connectivity index (χ2v) is 7.95. The van der Waals surface area contributed by atoms with Gasteiger partial charge >= 0.3 is 0 Å². The van der Waals surface area contributed by atoms with E-state index in [4.69, 9.17) is 11.6 Å². The van der Waals surface area contributed by atoms with Crippen LogP contribution in [0.5, 0.6) is 0 Å². The molecule has 0 spiro atoms. The molecule has 2 N–H and O–H groups in total. The van der Waals surface area contributed by atoms with E-state index in [1.165, 1.54) is 6.07 Å². The van der Waals surface area contributed by atoms with E-state index in [0.717, 1.165) is 10.9 Å². The van der Waals surface area contributed by atoms with E-state index < -0.39 is 10.0 Å². The lowest BCUT2D eigenvalue weighted by atomic mass is 10.2. The fourth-order valence-electron chi connectivity index (χ4n) is 2.08. The first-order valence-corrected chi connectivity index (χ1v) is 9.26. The molecule has 0 aliphatic heterocycles. The van der Waals surface area contributed by atoms with Crippen molar-refractivity contribution in [3.05, 3.63) is 51.3 Å². The fraction of sp³-hybridized carbons (Fsp3) is 0.143. The van der Waals surface area contributed by atoms with Crippen molar-refractivity contribution in [3.8, 4) is 0 Å². The first kappa shape index (κ1) is 16.4. The van der Waals surface area contributed by atoms with Gasteiger partial charge in [-0.3, -0.25) is 5.10 Å². The number of hydrogen-bond acceptors (Lipinski definition) is 4. The average Bonchev–Trinajstić information content (AvgIpc) is 2.91. The van der Waals surface area contributed by atoms with Crippen LogP contribution in [0.15, 0.2) is 39.8 Å². The minimum absolute atomic E-state index is 0.110. The zero-order chi connectivity index (χ0) is 16.6. The van der Waals surface area contributed by atoms with Crippen molar-refractivity contribution in [2.45, 2.75) is 18.4 Å². The molecule has 120 valence electrons. The third-order valence-electron chi connectivity index (χ3n) is 3.33. The molecule has 2 aromatic heterocycles. The van der Waals surface area contributed by atoms with Gasteiger partial charge in [0.1, 0.15) is 5.15 Å². The Hall–Kier alpha value is -1.48. The first-order valence-electron chi connectivity index (χ1n) is 6.61.